The maximum absolute atomic E-state index is 12.2. The van der Waals surface area contributed by atoms with Gasteiger partial charge in [0.15, 0.2) is 5.69 Å². The van der Waals surface area contributed by atoms with Crippen molar-refractivity contribution in [2.75, 3.05) is 0 Å². The second-order valence-electron chi connectivity index (χ2n) is 7.10. The second kappa shape index (κ2) is 8.03. The Morgan fingerprint density at radius 3 is 2.63 bits per heavy atom. The number of carboxylic acid groups (broad SMARTS) is 1. The number of rotatable bonds is 6. The predicted octanol–water partition coefficient (Wildman–Crippen LogP) is 2.16. The molecule has 8 nitrogen and oxygen atoms in total. The van der Waals surface area contributed by atoms with Gasteiger partial charge in [-0.3, -0.25) is 14.2 Å². The monoisotopic (exact) mass is 373 g/mol. The Morgan fingerprint density at radius 1 is 1.30 bits per heavy atom. The topological polar surface area (TPSA) is 111 Å². The third-order valence-corrected chi connectivity index (χ3v) is 3.67. The first-order valence-corrected chi connectivity index (χ1v) is 8.44. The minimum absolute atomic E-state index is 0.0368. The van der Waals surface area contributed by atoms with Crippen LogP contribution in [-0.4, -0.2) is 38.1 Å². The lowest BCUT2D eigenvalue weighted by atomic mass is 10.1. The van der Waals surface area contributed by atoms with Crippen LogP contribution in [0.3, 0.4) is 0 Å². The molecule has 27 heavy (non-hydrogen) atoms. The van der Waals surface area contributed by atoms with E-state index < -0.39 is 29.4 Å². The van der Waals surface area contributed by atoms with Crippen LogP contribution >= 0.6 is 0 Å². The number of hydrogen-bond donors (Lipinski definition) is 2. The molecule has 2 N–H and O–H groups in total. The molecule has 0 saturated carbocycles. The number of ether oxygens (including phenoxy) is 1. The van der Waals surface area contributed by atoms with Gasteiger partial charge in [-0.2, -0.15) is 0 Å². The summed E-state index contributed by atoms with van der Waals surface area (Å²) in [6.07, 6.45) is 2.67. The fourth-order valence-corrected chi connectivity index (χ4v) is 2.31. The zero-order chi connectivity index (χ0) is 20.2. The number of nitrogens with zero attached hydrogens (tertiary/aromatic N) is 2. The standard InChI is InChI=1S/C19H23N3O5/c1-12(18(26)27-19(2,3)4)16(23)21-9-13-6-5-7-14(8-13)22-11-20-10-15(22)17(24)25/h5-8,10-12H,9H2,1-4H3,(H,21,23)(H,24,25)/t12-/m0/s1. The van der Waals surface area contributed by atoms with E-state index in [2.05, 4.69) is 10.3 Å². The molecule has 2 rings (SSSR count). The summed E-state index contributed by atoms with van der Waals surface area (Å²) in [6.45, 7) is 6.90. The Bertz CT molecular complexity index is 851. The van der Waals surface area contributed by atoms with Gasteiger partial charge in [0.2, 0.25) is 5.91 Å². The molecule has 1 atom stereocenters. The summed E-state index contributed by atoms with van der Waals surface area (Å²) in [7, 11) is 0. The lowest BCUT2D eigenvalue weighted by molar-refractivity contribution is -0.161. The first-order valence-electron chi connectivity index (χ1n) is 8.44. The summed E-state index contributed by atoms with van der Waals surface area (Å²) in [6, 6.07) is 7.02. The maximum atomic E-state index is 12.2. The fraction of sp³-hybridized carbons (Fsp3) is 0.368. The smallest absolute Gasteiger partial charge is 0.354 e. The van der Waals surface area contributed by atoms with Gasteiger partial charge < -0.3 is 15.2 Å². The minimum atomic E-state index is -1.09. The number of carboxylic acids is 1. The van der Waals surface area contributed by atoms with E-state index >= 15 is 0 Å². The third-order valence-electron chi connectivity index (χ3n) is 3.67. The summed E-state index contributed by atoms with van der Waals surface area (Å²) in [5, 5.41) is 11.9. The molecule has 0 aliphatic carbocycles. The van der Waals surface area contributed by atoms with Gasteiger partial charge in [0.25, 0.3) is 0 Å². The van der Waals surface area contributed by atoms with Gasteiger partial charge in [-0.1, -0.05) is 12.1 Å². The van der Waals surface area contributed by atoms with Crippen LogP contribution < -0.4 is 5.32 Å². The lowest BCUT2D eigenvalue weighted by Gasteiger charge is -2.22. The van der Waals surface area contributed by atoms with E-state index in [1.54, 1.807) is 45.0 Å². The van der Waals surface area contributed by atoms with Crippen LogP contribution in [0.15, 0.2) is 36.8 Å². The third kappa shape index (κ3) is 5.40. The summed E-state index contributed by atoms with van der Waals surface area (Å²) in [4.78, 5) is 39.3. The van der Waals surface area contributed by atoms with Crippen molar-refractivity contribution >= 4 is 17.8 Å². The Hall–Kier alpha value is -3.16. The van der Waals surface area contributed by atoms with Crippen molar-refractivity contribution in [1.82, 2.24) is 14.9 Å². The molecule has 0 fully saturated rings. The molecule has 0 aliphatic heterocycles. The van der Waals surface area contributed by atoms with Gasteiger partial charge in [0.05, 0.1) is 12.5 Å². The van der Waals surface area contributed by atoms with Gasteiger partial charge in [-0.05, 0) is 45.4 Å². The second-order valence-corrected chi connectivity index (χ2v) is 7.10. The van der Waals surface area contributed by atoms with Crippen LogP contribution in [0.25, 0.3) is 5.69 Å². The maximum Gasteiger partial charge on any atom is 0.354 e. The molecule has 1 heterocycles. The number of amides is 1. The average molecular weight is 373 g/mol. The highest BCUT2D eigenvalue weighted by Gasteiger charge is 2.26. The Kier molecular flexibility index (Phi) is 5.99. The minimum Gasteiger partial charge on any atom is -0.477 e. The first kappa shape index (κ1) is 20.2. The molecule has 1 aromatic heterocycles. The molecule has 0 spiro atoms. The highest BCUT2D eigenvalue weighted by Crippen LogP contribution is 2.14. The number of carbonyl (C=O) groups excluding carboxylic acids is 2. The largest absolute Gasteiger partial charge is 0.477 e. The van der Waals surface area contributed by atoms with Crippen molar-refractivity contribution in [3.63, 3.8) is 0 Å². The molecular formula is C19H23N3O5. The van der Waals surface area contributed by atoms with E-state index in [4.69, 9.17) is 4.74 Å². The predicted molar refractivity (Wildman–Crippen MR) is 97.4 cm³/mol. The lowest BCUT2D eigenvalue weighted by Crippen LogP contribution is -2.37. The van der Waals surface area contributed by atoms with Crippen LogP contribution in [0, 0.1) is 5.92 Å². The van der Waals surface area contributed by atoms with Crippen LogP contribution in [0.4, 0.5) is 0 Å². The molecule has 8 heteroatoms. The summed E-state index contributed by atoms with van der Waals surface area (Å²) in [5.74, 6) is -3.04. The molecule has 1 aromatic carbocycles. The molecule has 0 aliphatic rings. The number of nitrogens with one attached hydrogen (secondary N) is 1. The molecule has 0 bridgehead atoms. The summed E-state index contributed by atoms with van der Waals surface area (Å²) < 4.78 is 6.65. The van der Waals surface area contributed by atoms with Crippen LogP contribution in [0.2, 0.25) is 0 Å². The molecule has 144 valence electrons. The number of imidazole rings is 1. The molecule has 0 unspecified atom stereocenters. The van der Waals surface area contributed by atoms with Crippen molar-refractivity contribution in [3.8, 4) is 5.69 Å². The normalized spacial score (nSPS) is 12.3. The van der Waals surface area contributed by atoms with Crippen LogP contribution in [0.5, 0.6) is 0 Å². The first-order chi connectivity index (χ1) is 12.6. The van der Waals surface area contributed by atoms with Crippen LogP contribution in [-0.2, 0) is 20.9 Å². The Morgan fingerprint density at radius 2 is 2.00 bits per heavy atom. The van der Waals surface area contributed by atoms with E-state index in [1.807, 2.05) is 0 Å². The SMILES string of the molecule is C[C@@H](C(=O)NCc1cccc(-n2cncc2C(=O)O)c1)C(=O)OC(C)(C)C. The quantitative estimate of drug-likeness (QED) is 0.593. The van der Waals surface area contributed by atoms with E-state index in [0.717, 1.165) is 5.56 Å². The van der Waals surface area contributed by atoms with Crippen molar-refractivity contribution in [3.05, 3.63) is 48.0 Å². The van der Waals surface area contributed by atoms with E-state index in [-0.39, 0.29) is 12.2 Å². The molecular weight excluding hydrogens is 350 g/mol. The zero-order valence-electron chi connectivity index (χ0n) is 15.7. The number of aromatic carboxylic acids is 1. The van der Waals surface area contributed by atoms with Gasteiger partial charge in [0, 0.05) is 12.2 Å². The van der Waals surface area contributed by atoms with E-state index in [0.29, 0.717) is 5.69 Å². The number of carbonyl (C=O) groups is 3. The number of benzene rings is 1. The van der Waals surface area contributed by atoms with Crippen molar-refractivity contribution in [2.24, 2.45) is 5.92 Å². The zero-order valence-corrected chi connectivity index (χ0v) is 15.7. The molecule has 0 saturated heterocycles. The van der Waals surface area contributed by atoms with Gasteiger partial charge in [-0.25, -0.2) is 9.78 Å². The van der Waals surface area contributed by atoms with Crippen molar-refractivity contribution in [2.45, 2.75) is 39.8 Å². The molecule has 1 amide bonds. The number of hydrogen-bond acceptors (Lipinski definition) is 5. The summed E-state index contributed by atoms with van der Waals surface area (Å²) in [5.41, 5.74) is 0.737. The highest BCUT2D eigenvalue weighted by atomic mass is 16.6. The average Bonchev–Trinajstić information content (AvgIpc) is 3.07. The molecule has 2 aromatic rings. The van der Waals surface area contributed by atoms with Gasteiger partial charge in [0.1, 0.15) is 11.5 Å². The fourth-order valence-electron chi connectivity index (χ4n) is 2.31. The summed E-state index contributed by atoms with van der Waals surface area (Å²) >= 11 is 0. The van der Waals surface area contributed by atoms with Gasteiger partial charge in [-0.15, -0.1) is 0 Å². The van der Waals surface area contributed by atoms with E-state index in [9.17, 15) is 19.5 Å². The van der Waals surface area contributed by atoms with Crippen molar-refractivity contribution in [1.29, 1.82) is 0 Å². The number of esters is 1. The highest BCUT2D eigenvalue weighted by molar-refractivity contribution is 5.97. The van der Waals surface area contributed by atoms with Crippen molar-refractivity contribution < 1.29 is 24.2 Å². The van der Waals surface area contributed by atoms with Gasteiger partial charge >= 0.3 is 11.9 Å². The van der Waals surface area contributed by atoms with Crippen LogP contribution in [0.1, 0.15) is 43.7 Å². The Labute approximate surface area is 157 Å². The van der Waals surface area contributed by atoms with E-state index in [1.165, 1.54) is 24.0 Å². The number of aromatic nitrogens is 2. The Balaban J connectivity index is 2.04. The molecule has 0 radical (unpaired) electrons.